The molecule has 0 fully saturated rings. The first-order valence-electron chi connectivity index (χ1n) is 8.39. The molecular formula is C18H27NO4Si. The van der Waals surface area contributed by atoms with E-state index < -0.39 is 13.9 Å². The first-order valence-corrected chi connectivity index (χ1v) is 11.3. The highest BCUT2D eigenvalue weighted by Gasteiger charge is 2.54. The van der Waals surface area contributed by atoms with E-state index in [0.717, 1.165) is 16.9 Å². The van der Waals surface area contributed by atoms with Gasteiger partial charge in [-0.15, -0.1) is 0 Å². The number of rotatable bonds is 4. The third kappa shape index (κ3) is 2.48. The summed E-state index contributed by atoms with van der Waals surface area (Å²) in [5.74, 6) is 0.785. The summed E-state index contributed by atoms with van der Waals surface area (Å²) in [5.41, 5.74) is 1.37. The van der Waals surface area contributed by atoms with Crippen LogP contribution in [0.15, 0.2) is 18.2 Å². The van der Waals surface area contributed by atoms with E-state index in [1.807, 2.05) is 18.2 Å². The van der Waals surface area contributed by atoms with Crippen molar-refractivity contribution in [3.63, 3.8) is 0 Å². The third-order valence-electron chi connectivity index (χ3n) is 5.66. The van der Waals surface area contributed by atoms with Crippen LogP contribution in [0.5, 0.6) is 5.75 Å². The zero-order valence-corrected chi connectivity index (χ0v) is 16.4. The van der Waals surface area contributed by atoms with Crippen LogP contribution in [0.3, 0.4) is 0 Å². The summed E-state index contributed by atoms with van der Waals surface area (Å²) in [6.07, 6.45) is 0.336. The zero-order valence-electron chi connectivity index (χ0n) is 15.4. The molecule has 1 aromatic rings. The van der Waals surface area contributed by atoms with Gasteiger partial charge in [-0.2, -0.15) is 0 Å². The Morgan fingerprint density at radius 3 is 2.67 bits per heavy atom. The number of benzene rings is 1. The molecule has 0 radical (unpaired) electrons. The van der Waals surface area contributed by atoms with Crippen molar-refractivity contribution in [1.82, 2.24) is 5.06 Å². The molecule has 0 saturated heterocycles. The number of hydroxylamine groups is 2. The molecule has 2 aliphatic rings. The molecule has 3 rings (SSSR count). The van der Waals surface area contributed by atoms with E-state index in [4.69, 9.17) is 14.0 Å². The topological polar surface area (TPSA) is 48.0 Å². The minimum absolute atomic E-state index is 0.0496. The van der Waals surface area contributed by atoms with E-state index in [0.29, 0.717) is 19.6 Å². The van der Waals surface area contributed by atoms with Crippen LogP contribution in [-0.4, -0.2) is 39.6 Å². The second kappa shape index (κ2) is 5.57. The van der Waals surface area contributed by atoms with Crippen molar-refractivity contribution in [2.24, 2.45) is 0 Å². The van der Waals surface area contributed by atoms with Crippen molar-refractivity contribution in [3.8, 4) is 5.75 Å². The Balaban J connectivity index is 2.01. The van der Waals surface area contributed by atoms with E-state index in [9.17, 15) is 4.79 Å². The molecule has 2 heterocycles. The Labute approximate surface area is 145 Å². The van der Waals surface area contributed by atoms with Gasteiger partial charge in [0.25, 0.3) is 5.91 Å². The van der Waals surface area contributed by atoms with Gasteiger partial charge in [-0.3, -0.25) is 9.63 Å². The largest absolute Gasteiger partial charge is 0.490 e. The summed E-state index contributed by atoms with van der Waals surface area (Å²) in [6, 6.07) is 5.89. The molecule has 1 amide bonds. The third-order valence-corrected chi connectivity index (χ3v) is 10.1. The fraction of sp³-hybridized carbons (Fsp3) is 0.611. The quantitative estimate of drug-likeness (QED) is 0.783. The van der Waals surface area contributed by atoms with Gasteiger partial charge in [-0.05, 0) is 29.8 Å². The fourth-order valence-corrected chi connectivity index (χ4v) is 4.27. The van der Waals surface area contributed by atoms with Crippen molar-refractivity contribution < 1.29 is 18.8 Å². The number of amides is 1. The molecule has 0 bridgehead atoms. The fourth-order valence-electron chi connectivity index (χ4n) is 3.24. The highest BCUT2D eigenvalue weighted by Crippen LogP contribution is 2.48. The van der Waals surface area contributed by atoms with Gasteiger partial charge in [-0.1, -0.05) is 32.9 Å². The summed E-state index contributed by atoms with van der Waals surface area (Å²) in [7, 11) is -0.424. The van der Waals surface area contributed by atoms with Gasteiger partial charge in [0.05, 0.1) is 20.1 Å². The molecular weight excluding hydrogens is 322 g/mol. The summed E-state index contributed by atoms with van der Waals surface area (Å²) in [5, 5.41) is 1.57. The first-order chi connectivity index (χ1) is 11.1. The molecule has 5 nitrogen and oxygen atoms in total. The molecule has 0 saturated carbocycles. The summed E-state index contributed by atoms with van der Waals surface area (Å²) >= 11 is 0. The molecule has 0 N–H and O–H groups in total. The van der Waals surface area contributed by atoms with Crippen LogP contribution in [0, 0.1) is 0 Å². The highest BCUT2D eigenvalue weighted by molar-refractivity contribution is 6.74. The Bertz CT molecular complexity index is 667. The minimum Gasteiger partial charge on any atom is -0.490 e. The number of hydrogen-bond acceptors (Lipinski definition) is 4. The number of carbonyl (C=O) groups excluding carboxylic acids is 1. The minimum atomic E-state index is -1.96. The molecule has 6 heteroatoms. The predicted molar refractivity (Wildman–Crippen MR) is 94.3 cm³/mol. The standard InChI is InChI=1S/C18H27NO4Si/c1-17(2,3)24(5,6)23-12-18-11-22-14-9-7-8-13(16(14)18)10-15(20)19(18)21-4/h7-9H,10-12H2,1-6H3/t18-/m1/s1. The molecule has 24 heavy (non-hydrogen) atoms. The van der Waals surface area contributed by atoms with Crippen LogP contribution in [0.2, 0.25) is 18.1 Å². The van der Waals surface area contributed by atoms with Gasteiger partial charge >= 0.3 is 0 Å². The average Bonchev–Trinajstić information content (AvgIpc) is 2.86. The Morgan fingerprint density at radius 2 is 2.04 bits per heavy atom. The molecule has 1 atom stereocenters. The summed E-state index contributed by atoms with van der Waals surface area (Å²) in [6.45, 7) is 11.8. The Kier molecular flexibility index (Phi) is 4.05. The maximum absolute atomic E-state index is 12.6. The van der Waals surface area contributed by atoms with Gasteiger partial charge in [0, 0.05) is 5.56 Å². The normalized spacial score (nSPS) is 23.2. The van der Waals surface area contributed by atoms with Gasteiger partial charge < -0.3 is 9.16 Å². The smallest absolute Gasteiger partial charge is 0.251 e. The van der Waals surface area contributed by atoms with E-state index in [1.54, 1.807) is 0 Å². The average molecular weight is 350 g/mol. The van der Waals surface area contributed by atoms with Crippen LogP contribution < -0.4 is 4.74 Å². The van der Waals surface area contributed by atoms with Gasteiger partial charge in [0.2, 0.25) is 0 Å². The number of hydrogen-bond donors (Lipinski definition) is 0. The van der Waals surface area contributed by atoms with Crippen molar-refractivity contribution >= 4 is 14.2 Å². The molecule has 0 aliphatic carbocycles. The zero-order chi connectivity index (χ0) is 17.8. The second-order valence-electron chi connectivity index (χ2n) is 8.21. The van der Waals surface area contributed by atoms with Crippen LogP contribution in [0.1, 0.15) is 31.9 Å². The maximum Gasteiger partial charge on any atom is 0.251 e. The lowest BCUT2D eigenvalue weighted by molar-refractivity contribution is -0.222. The molecule has 1 aromatic carbocycles. The van der Waals surface area contributed by atoms with Crippen LogP contribution in [0.4, 0.5) is 0 Å². The van der Waals surface area contributed by atoms with Crippen molar-refractivity contribution in [2.45, 2.75) is 50.9 Å². The Hall–Kier alpha value is -1.37. The summed E-state index contributed by atoms with van der Waals surface area (Å²) < 4.78 is 12.4. The van der Waals surface area contributed by atoms with E-state index in [1.165, 1.54) is 12.2 Å². The van der Waals surface area contributed by atoms with Crippen molar-refractivity contribution in [2.75, 3.05) is 20.3 Å². The van der Waals surface area contributed by atoms with Gasteiger partial charge in [0.15, 0.2) is 13.9 Å². The number of nitrogens with zero attached hydrogens (tertiary/aromatic N) is 1. The van der Waals surface area contributed by atoms with Crippen molar-refractivity contribution in [3.05, 3.63) is 29.3 Å². The van der Waals surface area contributed by atoms with E-state index in [2.05, 4.69) is 33.9 Å². The van der Waals surface area contributed by atoms with Crippen LogP contribution in [0.25, 0.3) is 0 Å². The SMILES string of the molecule is CON1C(=O)Cc2cccc3c2[C@]1(CO[Si](C)(C)C(C)(C)C)CO3. The summed E-state index contributed by atoms with van der Waals surface area (Å²) in [4.78, 5) is 18.1. The first kappa shape index (κ1) is 17.4. The van der Waals surface area contributed by atoms with Crippen LogP contribution >= 0.6 is 0 Å². The maximum atomic E-state index is 12.6. The molecule has 132 valence electrons. The lowest BCUT2D eigenvalue weighted by Crippen LogP contribution is -2.58. The molecule has 0 aromatic heterocycles. The van der Waals surface area contributed by atoms with E-state index >= 15 is 0 Å². The monoisotopic (exact) mass is 349 g/mol. The second-order valence-corrected chi connectivity index (χ2v) is 13.0. The lowest BCUT2D eigenvalue weighted by atomic mass is 9.83. The molecule has 0 unspecified atom stereocenters. The van der Waals surface area contributed by atoms with E-state index in [-0.39, 0.29) is 10.9 Å². The number of carbonyl (C=O) groups is 1. The molecule has 0 spiro atoms. The number of ether oxygens (including phenoxy) is 1. The van der Waals surface area contributed by atoms with Crippen LogP contribution in [-0.2, 0) is 26.0 Å². The molecule has 2 aliphatic heterocycles. The highest BCUT2D eigenvalue weighted by atomic mass is 28.4. The van der Waals surface area contributed by atoms with Gasteiger partial charge in [0.1, 0.15) is 12.4 Å². The van der Waals surface area contributed by atoms with Gasteiger partial charge in [-0.25, -0.2) is 5.06 Å². The Morgan fingerprint density at radius 1 is 1.33 bits per heavy atom. The van der Waals surface area contributed by atoms with Crippen molar-refractivity contribution in [1.29, 1.82) is 0 Å². The lowest BCUT2D eigenvalue weighted by Gasteiger charge is -2.45. The predicted octanol–water partition coefficient (Wildman–Crippen LogP) is 3.24.